The Morgan fingerprint density at radius 3 is 3.13 bits per heavy atom. The average molecular weight is 212 g/mol. The fourth-order valence-corrected chi connectivity index (χ4v) is 1.40. The number of hydrogen-bond acceptors (Lipinski definition) is 6. The number of carbonyl (C=O) groups is 1. The zero-order valence-electron chi connectivity index (χ0n) is 8.43. The molecule has 0 bridgehead atoms. The number of ether oxygens (including phenoxy) is 2. The summed E-state index contributed by atoms with van der Waals surface area (Å²) in [6, 6.07) is 0. The Labute approximate surface area is 86.6 Å². The van der Waals surface area contributed by atoms with Crippen LogP contribution in [0.15, 0.2) is 4.42 Å². The molecule has 0 aromatic carbocycles. The van der Waals surface area contributed by atoms with Crippen LogP contribution in [0.25, 0.3) is 0 Å². The highest BCUT2D eigenvalue weighted by Crippen LogP contribution is 2.23. The minimum absolute atomic E-state index is 0.0845. The molecule has 6 heteroatoms. The van der Waals surface area contributed by atoms with Crippen molar-refractivity contribution in [1.29, 1.82) is 0 Å². The van der Waals surface area contributed by atoms with Gasteiger partial charge in [-0.05, 0) is 13.3 Å². The van der Waals surface area contributed by atoms with E-state index in [2.05, 4.69) is 10.2 Å². The van der Waals surface area contributed by atoms with Gasteiger partial charge < -0.3 is 13.9 Å². The van der Waals surface area contributed by atoms with Crippen LogP contribution in [-0.4, -0.2) is 36.0 Å². The van der Waals surface area contributed by atoms with Crippen molar-refractivity contribution in [1.82, 2.24) is 10.2 Å². The van der Waals surface area contributed by atoms with Crippen molar-refractivity contribution in [2.75, 3.05) is 19.8 Å². The van der Waals surface area contributed by atoms with Gasteiger partial charge in [0.05, 0.1) is 19.1 Å². The summed E-state index contributed by atoms with van der Waals surface area (Å²) in [5.41, 5.74) is 0. The molecule has 82 valence electrons. The molecule has 1 aliphatic heterocycles. The summed E-state index contributed by atoms with van der Waals surface area (Å²) >= 11 is 0. The minimum Gasteiger partial charge on any atom is -0.459 e. The Kier molecular flexibility index (Phi) is 2.96. The van der Waals surface area contributed by atoms with Crippen LogP contribution in [0, 0.1) is 0 Å². The van der Waals surface area contributed by atoms with Gasteiger partial charge in [0.2, 0.25) is 5.89 Å². The lowest BCUT2D eigenvalue weighted by atomic mass is 10.1. The lowest BCUT2D eigenvalue weighted by Crippen LogP contribution is -2.04. The number of carbonyl (C=O) groups excluding carboxylic acids is 1. The van der Waals surface area contributed by atoms with E-state index in [1.165, 1.54) is 0 Å². The molecule has 1 saturated heterocycles. The zero-order chi connectivity index (χ0) is 10.7. The molecule has 1 unspecified atom stereocenters. The van der Waals surface area contributed by atoms with Gasteiger partial charge in [0.15, 0.2) is 0 Å². The molecule has 15 heavy (non-hydrogen) atoms. The Balaban J connectivity index is 2.06. The van der Waals surface area contributed by atoms with E-state index in [1.807, 2.05) is 0 Å². The molecule has 0 saturated carbocycles. The largest absolute Gasteiger partial charge is 0.459 e. The molecule has 0 radical (unpaired) electrons. The Morgan fingerprint density at radius 2 is 2.47 bits per heavy atom. The molecular weight excluding hydrogens is 200 g/mol. The maximum Gasteiger partial charge on any atom is 0.396 e. The second kappa shape index (κ2) is 4.39. The monoisotopic (exact) mass is 212 g/mol. The first-order valence-corrected chi connectivity index (χ1v) is 4.89. The van der Waals surface area contributed by atoms with Gasteiger partial charge in [-0.3, -0.25) is 0 Å². The van der Waals surface area contributed by atoms with Crippen LogP contribution in [0.2, 0.25) is 0 Å². The highest BCUT2D eigenvalue weighted by atomic mass is 16.5. The van der Waals surface area contributed by atoms with E-state index in [-0.39, 0.29) is 11.8 Å². The predicted octanol–water partition coefficient (Wildman–Crippen LogP) is 0.750. The molecule has 0 N–H and O–H groups in total. The topological polar surface area (TPSA) is 74.5 Å². The molecule has 6 nitrogen and oxygen atoms in total. The number of hydrogen-bond donors (Lipinski definition) is 0. The van der Waals surface area contributed by atoms with E-state index in [9.17, 15) is 4.79 Å². The van der Waals surface area contributed by atoms with Crippen LogP contribution in [0.5, 0.6) is 0 Å². The normalized spacial score (nSPS) is 20.5. The minimum atomic E-state index is -0.574. The van der Waals surface area contributed by atoms with Crippen molar-refractivity contribution in [2.24, 2.45) is 0 Å². The smallest absolute Gasteiger partial charge is 0.396 e. The summed E-state index contributed by atoms with van der Waals surface area (Å²) in [6.07, 6.45) is 0.852. The molecule has 0 spiro atoms. The summed E-state index contributed by atoms with van der Waals surface area (Å²) in [7, 11) is 0. The van der Waals surface area contributed by atoms with Crippen molar-refractivity contribution in [3.05, 3.63) is 11.8 Å². The Bertz CT molecular complexity index is 344. The van der Waals surface area contributed by atoms with Gasteiger partial charge in [-0.15, -0.1) is 10.2 Å². The van der Waals surface area contributed by atoms with Crippen LogP contribution in [0.3, 0.4) is 0 Å². The van der Waals surface area contributed by atoms with Gasteiger partial charge in [0, 0.05) is 6.61 Å². The summed E-state index contributed by atoms with van der Waals surface area (Å²) < 4.78 is 15.1. The van der Waals surface area contributed by atoms with Crippen molar-refractivity contribution >= 4 is 5.97 Å². The summed E-state index contributed by atoms with van der Waals surface area (Å²) in [5, 5.41) is 7.44. The van der Waals surface area contributed by atoms with Gasteiger partial charge in [-0.2, -0.15) is 0 Å². The molecule has 0 amide bonds. The van der Waals surface area contributed by atoms with Gasteiger partial charge in [0.25, 0.3) is 0 Å². The molecular formula is C9H12N2O4. The second-order valence-corrected chi connectivity index (χ2v) is 3.23. The van der Waals surface area contributed by atoms with E-state index in [0.29, 0.717) is 25.7 Å². The number of esters is 1. The molecule has 0 aliphatic carbocycles. The van der Waals surface area contributed by atoms with Gasteiger partial charge in [-0.1, -0.05) is 0 Å². The average Bonchev–Trinajstić information content (AvgIpc) is 2.89. The molecule has 2 heterocycles. The highest BCUT2D eigenvalue weighted by molar-refractivity contribution is 5.83. The van der Waals surface area contributed by atoms with Crippen LogP contribution < -0.4 is 0 Å². The first kappa shape index (κ1) is 10.1. The van der Waals surface area contributed by atoms with Crippen molar-refractivity contribution in [3.63, 3.8) is 0 Å². The number of nitrogens with zero attached hydrogens (tertiary/aromatic N) is 2. The lowest BCUT2D eigenvalue weighted by Gasteiger charge is -1.98. The van der Waals surface area contributed by atoms with Crippen LogP contribution >= 0.6 is 0 Å². The Morgan fingerprint density at radius 1 is 1.60 bits per heavy atom. The van der Waals surface area contributed by atoms with Gasteiger partial charge in [0.1, 0.15) is 0 Å². The molecule has 1 aromatic heterocycles. The molecule has 1 atom stereocenters. The predicted molar refractivity (Wildman–Crippen MR) is 48.4 cm³/mol. The second-order valence-electron chi connectivity index (χ2n) is 3.23. The standard InChI is InChI=1S/C9H12N2O4/c1-2-14-9(12)8-11-10-7(15-8)6-3-4-13-5-6/h6H,2-5H2,1H3. The van der Waals surface area contributed by atoms with Gasteiger partial charge in [-0.25, -0.2) is 4.79 Å². The van der Waals surface area contributed by atoms with E-state index in [0.717, 1.165) is 6.42 Å². The molecule has 1 aliphatic rings. The quantitative estimate of drug-likeness (QED) is 0.688. The fraction of sp³-hybridized carbons (Fsp3) is 0.667. The summed E-state index contributed by atoms with van der Waals surface area (Å²) in [6.45, 7) is 3.29. The van der Waals surface area contributed by atoms with Crippen LogP contribution in [0.1, 0.15) is 35.8 Å². The van der Waals surface area contributed by atoms with E-state index in [1.54, 1.807) is 6.92 Å². The third-order valence-electron chi connectivity index (χ3n) is 2.17. The third kappa shape index (κ3) is 2.15. The zero-order valence-corrected chi connectivity index (χ0v) is 8.43. The number of aromatic nitrogens is 2. The van der Waals surface area contributed by atoms with Crippen molar-refractivity contribution in [2.45, 2.75) is 19.3 Å². The molecule has 1 aromatic rings. The number of rotatable bonds is 3. The SMILES string of the molecule is CCOC(=O)c1nnc(C2CCOC2)o1. The van der Waals surface area contributed by atoms with Crippen molar-refractivity contribution < 1.29 is 18.7 Å². The van der Waals surface area contributed by atoms with Gasteiger partial charge >= 0.3 is 11.9 Å². The first-order chi connectivity index (χ1) is 7.31. The van der Waals surface area contributed by atoms with Crippen LogP contribution in [0.4, 0.5) is 0 Å². The van der Waals surface area contributed by atoms with E-state index >= 15 is 0 Å². The van der Waals surface area contributed by atoms with Crippen LogP contribution in [-0.2, 0) is 9.47 Å². The van der Waals surface area contributed by atoms with E-state index < -0.39 is 5.97 Å². The summed E-state index contributed by atoms with van der Waals surface area (Å²) in [5.74, 6) is -0.0925. The lowest BCUT2D eigenvalue weighted by molar-refractivity contribution is 0.0477. The maximum atomic E-state index is 11.2. The fourth-order valence-electron chi connectivity index (χ4n) is 1.40. The molecule has 1 fully saturated rings. The first-order valence-electron chi connectivity index (χ1n) is 4.89. The third-order valence-corrected chi connectivity index (χ3v) is 2.17. The Hall–Kier alpha value is -1.43. The molecule has 2 rings (SSSR count). The van der Waals surface area contributed by atoms with E-state index in [4.69, 9.17) is 13.9 Å². The van der Waals surface area contributed by atoms with Crippen molar-refractivity contribution in [3.8, 4) is 0 Å². The summed E-state index contributed by atoms with van der Waals surface area (Å²) in [4.78, 5) is 11.2. The maximum absolute atomic E-state index is 11.2. The highest BCUT2D eigenvalue weighted by Gasteiger charge is 2.25.